The second kappa shape index (κ2) is 5.70. The van der Waals surface area contributed by atoms with Gasteiger partial charge in [0, 0.05) is 6.04 Å². The van der Waals surface area contributed by atoms with E-state index >= 15 is 0 Å². The molecule has 2 N–H and O–H groups in total. The number of benzene rings is 1. The van der Waals surface area contributed by atoms with Gasteiger partial charge in [-0.3, -0.25) is 5.84 Å². The van der Waals surface area contributed by atoms with Gasteiger partial charge in [-0.25, -0.2) is 8.42 Å². The van der Waals surface area contributed by atoms with Crippen LogP contribution in [0, 0.1) is 11.8 Å². The number of nitrogens with zero attached hydrogens (tertiary/aromatic N) is 1. The zero-order valence-electron chi connectivity index (χ0n) is 12.8. The number of rotatable bonds is 3. The van der Waals surface area contributed by atoms with Gasteiger partial charge >= 0.3 is 0 Å². The molecule has 0 saturated heterocycles. The van der Waals surface area contributed by atoms with E-state index in [2.05, 4.69) is 24.3 Å². The van der Waals surface area contributed by atoms with Gasteiger partial charge in [-0.2, -0.15) is 0 Å². The normalized spacial score (nSPS) is 27.0. The summed E-state index contributed by atoms with van der Waals surface area (Å²) in [5, 5.41) is 1.78. The van der Waals surface area contributed by atoms with E-state index in [0.29, 0.717) is 16.0 Å². The number of hydrogen-bond acceptors (Lipinski definition) is 4. The van der Waals surface area contributed by atoms with Crippen molar-refractivity contribution in [3.05, 3.63) is 52.9 Å². The minimum absolute atomic E-state index is 0.102. The second-order valence-corrected chi connectivity index (χ2v) is 9.55. The standard InChI is InChI=1S/C17H20N2O2S2/c18-19(23(20,21)16-6-3-9-22-16)17-14-7-8-15(17)11-13-5-2-1-4-12(13)10-14/h1-6,9,14-15,17H,7-8,10-11,18H2/t14-,15?,17?/m1/s1. The molecule has 2 aromatic rings. The Hall–Kier alpha value is -1.21. The van der Waals surface area contributed by atoms with Crippen molar-refractivity contribution in [2.45, 2.75) is 35.9 Å². The first kappa shape index (κ1) is 15.3. The lowest BCUT2D eigenvalue weighted by molar-refractivity contribution is 0.224. The predicted octanol–water partition coefficient (Wildman–Crippen LogP) is 2.81. The molecule has 6 heteroatoms. The van der Waals surface area contributed by atoms with E-state index in [-0.39, 0.29) is 6.04 Å². The molecule has 1 fully saturated rings. The Balaban J connectivity index is 1.68. The predicted molar refractivity (Wildman–Crippen MR) is 91.4 cm³/mol. The van der Waals surface area contributed by atoms with E-state index in [1.165, 1.54) is 26.9 Å². The van der Waals surface area contributed by atoms with E-state index in [4.69, 9.17) is 5.84 Å². The molecule has 1 heterocycles. The molecule has 2 aliphatic carbocycles. The number of hydrogen-bond donors (Lipinski definition) is 1. The molecule has 1 aromatic heterocycles. The van der Waals surface area contributed by atoms with Gasteiger partial charge in [-0.1, -0.05) is 30.3 Å². The van der Waals surface area contributed by atoms with Crippen molar-refractivity contribution < 1.29 is 8.42 Å². The molecule has 122 valence electrons. The van der Waals surface area contributed by atoms with Gasteiger partial charge in [0.05, 0.1) is 0 Å². The zero-order valence-corrected chi connectivity index (χ0v) is 14.4. The van der Waals surface area contributed by atoms with Crippen LogP contribution in [0.4, 0.5) is 0 Å². The molecule has 0 spiro atoms. The number of fused-ring (bicyclic) bond motifs is 3. The first-order valence-electron chi connectivity index (χ1n) is 7.97. The molecule has 0 aliphatic heterocycles. The lowest BCUT2D eigenvalue weighted by atomic mass is 9.94. The third-order valence-corrected chi connectivity index (χ3v) is 8.30. The molecule has 23 heavy (non-hydrogen) atoms. The molecule has 1 aromatic carbocycles. The van der Waals surface area contributed by atoms with Crippen molar-refractivity contribution >= 4 is 21.4 Å². The largest absolute Gasteiger partial charge is 0.265 e. The molecule has 2 unspecified atom stereocenters. The van der Waals surface area contributed by atoms with E-state index in [1.807, 2.05) is 0 Å². The molecule has 2 bridgehead atoms. The van der Waals surface area contributed by atoms with Crippen LogP contribution in [0.25, 0.3) is 0 Å². The summed E-state index contributed by atoms with van der Waals surface area (Å²) in [5.74, 6) is 6.81. The number of sulfonamides is 1. The van der Waals surface area contributed by atoms with Crippen molar-refractivity contribution in [3.63, 3.8) is 0 Å². The molecular formula is C17H20N2O2S2. The SMILES string of the molecule is NN(C1C2CC[C@@H]1Cc1ccccc1C2)S(=O)(=O)c1cccs1. The Bertz CT molecular complexity index is 769. The highest BCUT2D eigenvalue weighted by Gasteiger charge is 2.45. The maximum Gasteiger partial charge on any atom is 0.265 e. The summed E-state index contributed by atoms with van der Waals surface area (Å²) >= 11 is 1.23. The fourth-order valence-electron chi connectivity index (χ4n) is 4.21. The highest BCUT2D eigenvalue weighted by atomic mass is 32.2. The monoisotopic (exact) mass is 348 g/mol. The molecular weight excluding hydrogens is 328 g/mol. The van der Waals surface area contributed by atoms with Gasteiger partial charge in [-0.05, 0) is 60.1 Å². The van der Waals surface area contributed by atoms with Crippen molar-refractivity contribution in [1.29, 1.82) is 0 Å². The second-order valence-electron chi connectivity index (χ2n) is 6.53. The van der Waals surface area contributed by atoms with Gasteiger partial charge in [0.15, 0.2) is 0 Å². The quantitative estimate of drug-likeness (QED) is 0.685. The maximum absolute atomic E-state index is 12.8. The fraction of sp³-hybridized carbons (Fsp3) is 0.412. The molecule has 4 nitrogen and oxygen atoms in total. The smallest absolute Gasteiger partial charge is 0.254 e. The highest BCUT2D eigenvalue weighted by molar-refractivity contribution is 7.91. The molecule has 3 atom stereocenters. The number of thiophene rings is 1. The first-order valence-corrected chi connectivity index (χ1v) is 10.3. The Kier molecular flexibility index (Phi) is 3.80. The lowest BCUT2D eigenvalue weighted by Crippen LogP contribution is -2.50. The molecule has 2 aliphatic rings. The van der Waals surface area contributed by atoms with Gasteiger partial charge in [0.1, 0.15) is 4.21 Å². The molecule has 1 saturated carbocycles. The molecule has 4 rings (SSSR count). The topological polar surface area (TPSA) is 63.4 Å². The third kappa shape index (κ3) is 2.54. The summed E-state index contributed by atoms with van der Waals surface area (Å²) < 4.78 is 27.1. The van der Waals surface area contributed by atoms with E-state index in [9.17, 15) is 8.42 Å². The van der Waals surface area contributed by atoms with Crippen LogP contribution in [-0.2, 0) is 22.9 Å². The summed E-state index contributed by atoms with van der Waals surface area (Å²) in [6.45, 7) is 0. The fourth-order valence-corrected chi connectivity index (χ4v) is 6.69. The van der Waals surface area contributed by atoms with Crippen molar-refractivity contribution in [2.75, 3.05) is 0 Å². The minimum atomic E-state index is -3.60. The third-order valence-electron chi connectivity index (χ3n) is 5.28. The van der Waals surface area contributed by atoms with Crippen LogP contribution in [0.15, 0.2) is 46.0 Å². The molecule has 0 radical (unpaired) electrons. The van der Waals surface area contributed by atoms with Crippen molar-refractivity contribution in [1.82, 2.24) is 4.41 Å². The van der Waals surface area contributed by atoms with Gasteiger partial charge < -0.3 is 0 Å². The van der Waals surface area contributed by atoms with Crippen LogP contribution in [0.2, 0.25) is 0 Å². The minimum Gasteiger partial charge on any atom is -0.254 e. The highest BCUT2D eigenvalue weighted by Crippen LogP contribution is 2.43. The number of hydrazine groups is 1. The summed E-state index contributed by atoms with van der Waals surface area (Å²) in [5.41, 5.74) is 2.71. The van der Waals surface area contributed by atoms with Crippen LogP contribution in [-0.4, -0.2) is 18.9 Å². The van der Waals surface area contributed by atoms with Gasteiger partial charge in [0.25, 0.3) is 10.0 Å². The number of nitrogens with two attached hydrogens (primary N) is 1. The summed E-state index contributed by atoms with van der Waals surface area (Å²) in [4.78, 5) is 0. The van der Waals surface area contributed by atoms with E-state index < -0.39 is 10.0 Å². The summed E-state index contributed by atoms with van der Waals surface area (Å²) in [6.07, 6.45) is 3.95. The Morgan fingerprint density at radius 1 is 1.00 bits per heavy atom. The van der Waals surface area contributed by atoms with E-state index in [0.717, 1.165) is 25.7 Å². The van der Waals surface area contributed by atoms with Crippen molar-refractivity contribution in [2.24, 2.45) is 17.7 Å². The lowest BCUT2D eigenvalue weighted by Gasteiger charge is -2.30. The average molecular weight is 348 g/mol. The Morgan fingerprint density at radius 3 is 2.13 bits per heavy atom. The van der Waals surface area contributed by atoms with Crippen LogP contribution in [0.1, 0.15) is 24.0 Å². The first-order chi connectivity index (χ1) is 11.1. The molecule has 0 amide bonds. The zero-order chi connectivity index (χ0) is 16.0. The van der Waals surface area contributed by atoms with Gasteiger partial charge in [-0.15, -0.1) is 15.8 Å². The summed E-state index contributed by atoms with van der Waals surface area (Å²) in [6, 6.07) is 11.7. The van der Waals surface area contributed by atoms with E-state index in [1.54, 1.807) is 17.5 Å². The van der Waals surface area contributed by atoms with Crippen LogP contribution in [0.3, 0.4) is 0 Å². The Morgan fingerprint density at radius 2 is 1.61 bits per heavy atom. The van der Waals surface area contributed by atoms with Crippen LogP contribution < -0.4 is 5.84 Å². The average Bonchev–Trinajstić information content (AvgIpc) is 3.14. The van der Waals surface area contributed by atoms with Crippen LogP contribution in [0.5, 0.6) is 0 Å². The Labute approximate surface area is 141 Å². The maximum atomic E-state index is 12.8. The summed E-state index contributed by atoms with van der Waals surface area (Å²) in [7, 11) is -3.60. The van der Waals surface area contributed by atoms with Gasteiger partial charge in [0.2, 0.25) is 0 Å². The van der Waals surface area contributed by atoms with Crippen LogP contribution >= 0.6 is 11.3 Å². The van der Waals surface area contributed by atoms with Crippen molar-refractivity contribution in [3.8, 4) is 0 Å².